The predicted molar refractivity (Wildman–Crippen MR) is 85.8 cm³/mol. The molecule has 5 aliphatic rings. The maximum Gasteiger partial charge on any atom is 0.312 e. The standard InChI is InChI=1S/C19H30O4/c1-13(23-16-4-2-3-5-16)11-22-17(20)18-7-14-6-15(8-18)10-19(21,9-14)12-18/h13-16,21H,2-12H2,1H3. The van der Waals surface area contributed by atoms with E-state index in [0.29, 0.717) is 31.0 Å². The van der Waals surface area contributed by atoms with Crippen LogP contribution in [0.25, 0.3) is 0 Å². The van der Waals surface area contributed by atoms with Crippen LogP contribution in [0.4, 0.5) is 0 Å². The third-order valence-corrected chi connectivity index (χ3v) is 6.64. The lowest BCUT2D eigenvalue weighted by Crippen LogP contribution is -2.58. The first-order valence-corrected chi connectivity index (χ1v) is 9.51. The van der Waals surface area contributed by atoms with Crippen LogP contribution in [0.1, 0.15) is 71.1 Å². The van der Waals surface area contributed by atoms with Gasteiger partial charge in [-0.2, -0.15) is 0 Å². The molecule has 1 N–H and O–H groups in total. The van der Waals surface area contributed by atoms with Crippen molar-refractivity contribution in [2.75, 3.05) is 6.61 Å². The van der Waals surface area contributed by atoms with Crippen LogP contribution < -0.4 is 0 Å². The van der Waals surface area contributed by atoms with Crippen LogP contribution in [0, 0.1) is 17.3 Å². The van der Waals surface area contributed by atoms with Crippen LogP contribution in [0.15, 0.2) is 0 Å². The molecule has 3 unspecified atom stereocenters. The van der Waals surface area contributed by atoms with Crippen molar-refractivity contribution in [3.8, 4) is 0 Å². The lowest BCUT2D eigenvalue weighted by atomic mass is 9.48. The SMILES string of the molecule is CC(COC(=O)C12CC3CC(CC(O)(C3)C1)C2)OC1CCCC1. The average molecular weight is 322 g/mol. The highest BCUT2D eigenvalue weighted by Crippen LogP contribution is 2.61. The molecule has 5 fully saturated rings. The monoisotopic (exact) mass is 322 g/mol. The Balaban J connectivity index is 1.33. The zero-order valence-corrected chi connectivity index (χ0v) is 14.3. The van der Waals surface area contributed by atoms with E-state index in [0.717, 1.165) is 38.5 Å². The molecule has 4 bridgehead atoms. The van der Waals surface area contributed by atoms with E-state index in [1.165, 1.54) is 19.3 Å². The Morgan fingerprint density at radius 2 is 1.83 bits per heavy atom. The molecule has 0 aromatic rings. The maximum atomic E-state index is 12.8. The summed E-state index contributed by atoms with van der Waals surface area (Å²) in [5.41, 5.74) is -1.01. The van der Waals surface area contributed by atoms with E-state index >= 15 is 0 Å². The summed E-state index contributed by atoms with van der Waals surface area (Å²) in [6.45, 7) is 2.35. The van der Waals surface area contributed by atoms with E-state index in [4.69, 9.17) is 9.47 Å². The maximum absolute atomic E-state index is 12.8. The van der Waals surface area contributed by atoms with Gasteiger partial charge in [0, 0.05) is 0 Å². The summed E-state index contributed by atoms with van der Waals surface area (Å²) in [5, 5.41) is 10.8. The number of ether oxygens (including phenoxy) is 2. The van der Waals surface area contributed by atoms with Gasteiger partial charge in [-0.15, -0.1) is 0 Å². The smallest absolute Gasteiger partial charge is 0.312 e. The summed E-state index contributed by atoms with van der Waals surface area (Å²) < 4.78 is 11.6. The van der Waals surface area contributed by atoms with E-state index in [-0.39, 0.29) is 12.1 Å². The number of hydrogen-bond acceptors (Lipinski definition) is 4. The molecule has 23 heavy (non-hydrogen) atoms. The summed E-state index contributed by atoms with van der Waals surface area (Å²) in [6.07, 6.45) is 10.5. The molecule has 0 aromatic heterocycles. The topological polar surface area (TPSA) is 55.8 Å². The Morgan fingerprint density at radius 3 is 2.43 bits per heavy atom. The van der Waals surface area contributed by atoms with Crippen molar-refractivity contribution in [3.63, 3.8) is 0 Å². The second-order valence-electron chi connectivity index (χ2n) is 8.92. The predicted octanol–water partition coefficient (Wildman–Crippen LogP) is 3.21. The molecule has 0 spiro atoms. The molecular weight excluding hydrogens is 292 g/mol. The van der Waals surface area contributed by atoms with Crippen molar-refractivity contribution in [2.24, 2.45) is 17.3 Å². The molecule has 3 atom stereocenters. The third kappa shape index (κ3) is 3.05. The Morgan fingerprint density at radius 1 is 1.17 bits per heavy atom. The largest absolute Gasteiger partial charge is 0.463 e. The van der Waals surface area contributed by atoms with Crippen LogP contribution in [-0.4, -0.2) is 35.5 Å². The number of esters is 1. The van der Waals surface area contributed by atoms with Gasteiger partial charge in [-0.05, 0) is 70.1 Å². The fourth-order valence-corrected chi connectivity index (χ4v) is 6.19. The number of carbonyl (C=O) groups is 1. The summed E-state index contributed by atoms with van der Waals surface area (Å²) in [7, 11) is 0. The van der Waals surface area contributed by atoms with E-state index in [9.17, 15) is 9.90 Å². The molecular formula is C19H30O4. The van der Waals surface area contributed by atoms with Crippen LogP contribution in [0.5, 0.6) is 0 Å². The van der Waals surface area contributed by atoms with Gasteiger partial charge in [0.25, 0.3) is 0 Å². The quantitative estimate of drug-likeness (QED) is 0.790. The molecule has 0 radical (unpaired) electrons. The van der Waals surface area contributed by atoms with Gasteiger partial charge in [-0.25, -0.2) is 0 Å². The average Bonchev–Trinajstić information content (AvgIpc) is 2.95. The van der Waals surface area contributed by atoms with E-state index < -0.39 is 11.0 Å². The summed E-state index contributed by atoms with van der Waals surface area (Å²) >= 11 is 0. The molecule has 4 heteroatoms. The molecule has 0 saturated heterocycles. The first-order valence-electron chi connectivity index (χ1n) is 9.51. The fourth-order valence-electron chi connectivity index (χ4n) is 6.19. The lowest BCUT2D eigenvalue weighted by Gasteiger charge is -2.58. The van der Waals surface area contributed by atoms with E-state index in [2.05, 4.69) is 0 Å². The van der Waals surface area contributed by atoms with Gasteiger partial charge in [-0.1, -0.05) is 12.8 Å². The van der Waals surface area contributed by atoms with Crippen molar-refractivity contribution in [1.82, 2.24) is 0 Å². The van der Waals surface area contributed by atoms with Gasteiger partial charge in [0.1, 0.15) is 6.61 Å². The van der Waals surface area contributed by atoms with Crippen molar-refractivity contribution in [2.45, 2.75) is 88.9 Å². The van der Waals surface area contributed by atoms with Crippen LogP contribution in [0.3, 0.4) is 0 Å². The van der Waals surface area contributed by atoms with Crippen LogP contribution in [-0.2, 0) is 14.3 Å². The first-order chi connectivity index (χ1) is 11.0. The highest BCUT2D eigenvalue weighted by molar-refractivity contribution is 5.77. The van der Waals surface area contributed by atoms with Crippen molar-refractivity contribution < 1.29 is 19.4 Å². The van der Waals surface area contributed by atoms with Gasteiger partial charge in [0.05, 0.1) is 23.2 Å². The number of aliphatic hydroxyl groups is 1. The number of carbonyl (C=O) groups excluding carboxylic acids is 1. The van der Waals surface area contributed by atoms with Crippen molar-refractivity contribution in [1.29, 1.82) is 0 Å². The minimum Gasteiger partial charge on any atom is -0.463 e. The molecule has 5 aliphatic carbocycles. The highest BCUT2D eigenvalue weighted by Gasteiger charge is 2.60. The van der Waals surface area contributed by atoms with Crippen LogP contribution in [0.2, 0.25) is 0 Å². The summed E-state index contributed by atoms with van der Waals surface area (Å²) in [5.74, 6) is 0.953. The second kappa shape index (κ2) is 5.73. The van der Waals surface area contributed by atoms with Crippen molar-refractivity contribution >= 4 is 5.97 Å². The normalized spacial score (nSPS) is 43.7. The molecule has 0 aromatic carbocycles. The Bertz CT molecular complexity index is 454. The molecule has 0 aliphatic heterocycles. The number of rotatable bonds is 5. The van der Waals surface area contributed by atoms with E-state index in [1.807, 2.05) is 6.92 Å². The minimum absolute atomic E-state index is 0.0287. The number of hydrogen-bond donors (Lipinski definition) is 1. The van der Waals surface area contributed by atoms with Crippen LogP contribution >= 0.6 is 0 Å². The first kappa shape index (κ1) is 15.9. The Kier molecular flexibility index (Phi) is 3.96. The zero-order valence-electron chi connectivity index (χ0n) is 14.3. The lowest BCUT2D eigenvalue weighted by molar-refractivity contribution is -0.198. The molecule has 0 heterocycles. The fraction of sp³-hybridized carbons (Fsp3) is 0.947. The zero-order chi connectivity index (χ0) is 16.1. The van der Waals surface area contributed by atoms with E-state index in [1.54, 1.807) is 0 Å². The molecule has 130 valence electrons. The molecule has 0 amide bonds. The Hall–Kier alpha value is -0.610. The Labute approximate surface area is 138 Å². The summed E-state index contributed by atoms with van der Waals surface area (Å²) in [6, 6.07) is 0. The van der Waals surface area contributed by atoms with Gasteiger partial charge in [0.15, 0.2) is 0 Å². The van der Waals surface area contributed by atoms with Gasteiger partial charge < -0.3 is 14.6 Å². The molecule has 5 saturated carbocycles. The minimum atomic E-state index is -0.602. The highest BCUT2D eigenvalue weighted by atomic mass is 16.6. The molecule has 4 nitrogen and oxygen atoms in total. The summed E-state index contributed by atoms with van der Waals surface area (Å²) in [4.78, 5) is 12.8. The van der Waals surface area contributed by atoms with Gasteiger partial charge in [0.2, 0.25) is 0 Å². The van der Waals surface area contributed by atoms with Gasteiger partial charge >= 0.3 is 5.97 Å². The van der Waals surface area contributed by atoms with Gasteiger partial charge in [-0.3, -0.25) is 4.79 Å². The third-order valence-electron chi connectivity index (χ3n) is 6.64. The second-order valence-corrected chi connectivity index (χ2v) is 8.92. The van der Waals surface area contributed by atoms with Crippen molar-refractivity contribution in [3.05, 3.63) is 0 Å². The molecule has 5 rings (SSSR count).